The number of carbonyl (C=O) groups is 1. The van der Waals surface area contributed by atoms with Gasteiger partial charge < -0.3 is 15.0 Å². The summed E-state index contributed by atoms with van der Waals surface area (Å²) in [4.78, 5) is 18.2. The van der Waals surface area contributed by atoms with Crippen LogP contribution in [-0.4, -0.2) is 50.1 Å². The maximum Gasteiger partial charge on any atom is 0.237 e. The number of amides is 1. The standard InChI is InChI=1S/C19H25N3O2S/c1-15(19(23)20-14-18-7-4-12-25-18)21-8-10-22(11-9-21)16-5-3-6-17(13-16)24-2/h3-7,12-13,15H,8-11,14H2,1-2H3,(H,20,23). The van der Waals surface area contributed by atoms with E-state index in [1.54, 1.807) is 18.4 Å². The second-order valence-corrected chi connectivity index (χ2v) is 7.23. The van der Waals surface area contributed by atoms with E-state index >= 15 is 0 Å². The van der Waals surface area contributed by atoms with Crippen molar-refractivity contribution in [2.24, 2.45) is 0 Å². The van der Waals surface area contributed by atoms with Gasteiger partial charge in [-0.3, -0.25) is 9.69 Å². The van der Waals surface area contributed by atoms with Crippen LogP contribution in [0, 0.1) is 0 Å². The van der Waals surface area contributed by atoms with Crippen LogP contribution in [0.1, 0.15) is 11.8 Å². The summed E-state index contributed by atoms with van der Waals surface area (Å²) in [6.45, 7) is 6.19. The van der Waals surface area contributed by atoms with Crippen LogP contribution in [0.2, 0.25) is 0 Å². The molecule has 1 aromatic carbocycles. The van der Waals surface area contributed by atoms with E-state index in [1.807, 2.05) is 36.6 Å². The monoisotopic (exact) mass is 359 g/mol. The Morgan fingerprint density at radius 1 is 1.24 bits per heavy atom. The van der Waals surface area contributed by atoms with Gasteiger partial charge in [0.1, 0.15) is 5.75 Å². The van der Waals surface area contributed by atoms with Crippen LogP contribution in [0.3, 0.4) is 0 Å². The molecule has 1 aromatic heterocycles. The average molecular weight is 359 g/mol. The molecule has 6 heteroatoms. The highest BCUT2D eigenvalue weighted by atomic mass is 32.1. The van der Waals surface area contributed by atoms with Gasteiger partial charge in [0.05, 0.1) is 19.7 Å². The number of rotatable bonds is 6. The molecule has 1 unspecified atom stereocenters. The number of carbonyl (C=O) groups excluding carboxylic acids is 1. The number of benzene rings is 1. The van der Waals surface area contributed by atoms with Crippen LogP contribution >= 0.6 is 11.3 Å². The van der Waals surface area contributed by atoms with E-state index < -0.39 is 0 Å². The molecule has 5 nitrogen and oxygen atoms in total. The zero-order valence-corrected chi connectivity index (χ0v) is 15.6. The lowest BCUT2D eigenvalue weighted by Gasteiger charge is -2.38. The van der Waals surface area contributed by atoms with E-state index in [9.17, 15) is 4.79 Å². The molecule has 1 fully saturated rings. The minimum atomic E-state index is -0.104. The third-order valence-corrected chi connectivity index (χ3v) is 5.55. The van der Waals surface area contributed by atoms with Gasteiger partial charge in [0.15, 0.2) is 0 Å². The number of nitrogens with zero attached hydrogens (tertiary/aromatic N) is 2. The molecule has 0 saturated carbocycles. The minimum Gasteiger partial charge on any atom is -0.497 e. The Morgan fingerprint density at radius 2 is 2.04 bits per heavy atom. The molecular weight excluding hydrogens is 334 g/mol. The minimum absolute atomic E-state index is 0.100. The maximum absolute atomic E-state index is 12.4. The van der Waals surface area contributed by atoms with Crippen molar-refractivity contribution >= 4 is 22.9 Å². The molecule has 134 valence electrons. The largest absolute Gasteiger partial charge is 0.497 e. The van der Waals surface area contributed by atoms with Gasteiger partial charge in [0.25, 0.3) is 0 Å². The number of anilines is 1. The van der Waals surface area contributed by atoms with Gasteiger partial charge in [-0.15, -0.1) is 11.3 Å². The van der Waals surface area contributed by atoms with E-state index in [4.69, 9.17) is 4.74 Å². The van der Waals surface area contributed by atoms with Crippen molar-refractivity contribution in [1.29, 1.82) is 0 Å². The van der Waals surface area contributed by atoms with Crippen molar-refractivity contribution < 1.29 is 9.53 Å². The summed E-state index contributed by atoms with van der Waals surface area (Å²) in [6.07, 6.45) is 0. The predicted molar refractivity (Wildman–Crippen MR) is 102 cm³/mol. The fourth-order valence-corrected chi connectivity index (χ4v) is 3.72. The van der Waals surface area contributed by atoms with Gasteiger partial charge in [-0.25, -0.2) is 0 Å². The summed E-state index contributed by atoms with van der Waals surface area (Å²) in [7, 11) is 1.69. The van der Waals surface area contributed by atoms with Crippen molar-refractivity contribution in [1.82, 2.24) is 10.2 Å². The number of hydrogen-bond acceptors (Lipinski definition) is 5. The second-order valence-electron chi connectivity index (χ2n) is 6.20. The topological polar surface area (TPSA) is 44.8 Å². The Labute approximate surface area is 153 Å². The molecule has 1 atom stereocenters. The molecule has 1 amide bonds. The molecule has 0 radical (unpaired) electrons. The summed E-state index contributed by atoms with van der Waals surface area (Å²) < 4.78 is 5.30. The predicted octanol–water partition coefficient (Wildman–Crippen LogP) is 2.58. The van der Waals surface area contributed by atoms with E-state index in [2.05, 4.69) is 27.2 Å². The lowest BCUT2D eigenvalue weighted by Crippen LogP contribution is -2.53. The fourth-order valence-electron chi connectivity index (χ4n) is 3.08. The normalized spacial score (nSPS) is 16.5. The summed E-state index contributed by atoms with van der Waals surface area (Å²) in [6, 6.07) is 12.1. The van der Waals surface area contributed by atoms with Crippen molar-refractivity contribution in [2.75, 3.05) is 38.2 Å². The molecule has 0 bridgehead atoms. The van der Waals surface area contributed by atoms with Crippen molar-refractivity contribution in [3.63, 3.8) is 0 Å². The first kappa shape index (κ1) is 17.8. The average Bonchev–Trinajstić information content (AvgIpc) is 3.19. The first-order valence-corrected chi connectivity index (χ1v) is 9.48. The van der Waals surface area contributed by atoms with E-state index in [0.29, 0.717) is 6.54 Å². The van der Waals surface area contributed by atoms with Gasteiger partial charge in [0.2, 0.25) is 5.91 Å². The van der Waals surface area contributed by atoms with Crippen molar-refractivity contribution in [3.8, 4) is 5.75 Å². The van der Waals surface area contributed by atoms with Gasteiger partial charge in [-0.05, 0) is 30.5 Å². The Morgan fingerprint density at radius 3 is 2.72 bits per heavy atom. The molecular formula is C19H25N3O2S. The number of ether oxygens (including phenoxy) is 1. The third-order valence-electron chi connectivity index (χ3n) is 4.68. The maximum atomic E-state index is 12.4. The molecule has 0 spiro atoms. The van der Waals surface area contributed by atoms with Gasteiger partial charge >= 0.3 is 0 Å². The summed E-state index contributed by atoms with van der Waals surface area (Å²) in [5, 5.41) is 5.07. The second kappa shape index (κ2) is 8.36. The molecule has 1 aliphatic rings. The summed E-state index contributed by atoms with van der Waals surface area (Å²) >= 11 is 1.67. The van der Waals surface area contributed by atoms with Crippen LogP contribution in [0.4, 0.5) is 5.69 Å². The molecule has 1 N–H and O–H groups in total. The van der Waals surface area contributed by atoms with Gasteiger partial charge in [0, 0.05) is 42.8 Å². The number of thiophene rings is 1. The van der Waals surface area contributed by atoms with Gasteiger partial charge in [-0.1, -0.05) is 12.1 Å². The smallest absolute Gasteiger partial charge is 0.237 e. The Kier molecular flexibility index (Phi) is 5.94. The van der Waals surface area contributed by atoms with Crippen LogP contribution in [0.25, 0.3) is 0 Å². The van der Waals surface area contributed by atoms with Crippen molar-refractivity contribution in [3.05, 3.63) is 46.7 Å². The third kappa shape index (κ3) is 4.52. The van der Waals surface area contributed by atoms with E-state index in [-0.39, 0.29) is 11.9 Å². The van der Waals surface area contributed by atoms with Crippen LogP contribution < -0.4 is 15.0 Å². The number of nitrogens with one attached hydrogen (secondary N) is 1. The first-order chi connectivity index (χ1) is 12.2. The van der Waals surface area contributed by atoms with Crippen LogP contribution in [0.15, 0.2) is 41.8 Å². The zero-order valence-electron chi connectivity index (χ0n) is 14.8. The highest BCUT2D eigenvalue weighted by Crippen LogP contribution is 2.22. The van der Waals surface area contributed by atoms with Crippen LogP contribution in [0.5, 0.6) is 5.75 Å². The van der Waals surface area contributed by atoms with Crippen molar-refractivity contribution in [2.45, 2.75) is 19.5 Å². The van der Waals surface area contributed by atoms with Gasteiger partial charge in [-0.2, -0.15) is 0 Å². The highest BCUT2D eigenvalue weighted by Gasteiger charge is 2.25. The summed E-state index contributed by atoms with van der Waals surface area (Å²) in [5.74, 6) is 0.976. The lowest BCUT2D eigenvalue weighted by molar-refractivity contribution is -0.126. The highest BCUT2D eigenvalue weighted by molar-refractivity contribution is 7.09. The van der Waals surface area contributed by atoms with E-state index in [1.165, 1.54) is 10.6 Å². The number of piperazine rings is 1. The zero-order chi connectivity index (χ0) is 17.6. The Bertz CT molecular complexity index is 682. The number of methoxy groups -OCH3 is 1. The molecule has 2 aromatic rings. The molecule has 1 aliphatic heterocycles. The summed E-state index contributed by atoms with van der Waals surface area (Å²) in [5.41, 5.74) is 1.17. The molecule has 1 saturated heterocycles. The molecule has 25 heavy (non-hydrogen) atoms. The SMILES string of the molecule is COc1cccc(N2CCN(C(C)C(=O)NCc3cccs3)CC2)c1. The Balaban J connectivity index is 1.49. The molecule has 0 aliphatic carbocycles. The number of hydrogen-bond donors (Lipinski definition) is 1. The first-order valence-electron chi connectivity index (χ1n) is 8.60. The van der Waals surface area contributed by atoms with Crippen LogP contribution in [-0.2, 0) is 11.3 Å². The quantitative estimate of drug-likeness (QED) is 0.861. The lowest BCUT2D eigenvalue weighted by atomic mass is 10.2. The molecule has 2 heterocycles. The molecule has 3 rings (SSSR count). The van der Waals surface area contributed by atoms with E-state index in [0.717, 1.165) is 31.9 Å². The Hall–Kier alpha value is -2.05. The fraction of sp³-hybridized carbons (Fsp3) is 0.421.